The maximum absolute atomic E-state index is 13.7. The van der Waals surface area contributed by atoms with E-state index in [1.807, 2.05) is 62.4 Å². The van der Waals surface area contributed by atoms with Gasteiger partial charge in [0.2, 0.25) is 0 Å². The van der Waals surface area contributed by atoms with E-state index in [9.17, 15) is 13.2 Å². The molecule has 0 atom stereocenters. The van der Waals surface area contributed by atoms with Gasteiger partial charge in [-0.3, -0.25) is 4.79 Å². The van der Waals surface area contributed by atoms with Crippen LogP contribution in [0.1, 0.15) is 30.9 Å². The quantitative estimate of drug-likeness (QED) is 0.239. The summed E-state index contributed by atoms with van der Waals surface area (Å²) in [5.41, 5.74) is 1.67. The zero-order valence-corrected chi connectivity index (χ0v) is 21.0. The van der Waals surface area contributed by atoms with Crippen molar-refractivity contribution in [2.45, 2.75) is 43.0 Å². The number of unbranched alkanes of at least 4 members (excludes halogenated alkanes) is 1. The number of carbonyl (C=O) groups is 1. The maximum Gasteiger partial charge on any atom is 0.274 e. The third-order valence-electron chi connectivity index (χ3n) is 4.88. The molecule has 0 aliphatic heterocycles. The molecule has 3 rings (SSSR count). The molecule has 0 radical (unpaired) electrons. The number of benzene rings is 3. The zero-order valence-electron chi connectivity index (χ0n) is 18.6. The van der Waals surface area contributed by atoms with Crippen molar-refractivity contribution >= 4 is 39.3 Å². The Balaban J connectivity index is 2.03. The van der Waals surface area contributed by atoms with Gasteiger partial charge in [-0.25, -0.2) is 12.7 Å². The van der Waals surface area contributed by atoms with Gasteiger partial charge in [-0.2, -0.15) is 0 Å². The summed E-state index contributed by atoms with van der Waals surface area (Å²) in [6.07, 6.45) is 3.30. The predicted octanol–water partition coefficient (Wildman–Crippen LogP) is 6.84. The van der Waals surface area contributed by atoms with Crippen LogP contribution in [0, 0.1) is 6.92 Å². The third-order valence-corrected chi connectivity index (χ3v) is 7.94. The van der Waals surface area contributed by atoms with E-state index in [0.29, 0.717) is 16.3 Å². The van der Waals surface area contributed by atoms with E-state index in [0.717, 1.165) is 26.7 Å². The summed E-state index contributed by atoms with van der Waals surface area (Å²) in [4.78, 5) is 15.0. The van der Waals surface area contributed by atoms with Crippen LogP contribution in [0.5, 0.6) is 0 Å². The maximum atomic E-state index is 13.7. The molecule has 0 aliphatic rings. The Morgan fingerprint density at radius 2 is 1.61 bits per heavy atom. The monoisotopic (exact) mass is 499 g/mol. The molecule has 0 fully saturated rings. The molecule has 172 valence electrons. The van der Waals surface area contributed by atoms with Crippen LogP contribution in [0.3, 0.4) is 0 Å². The van der Waals surface area contributed by atoms with Crippen LogP contribution in [-0.2, 0) is 21.4 Å². The van der Waals surface area contributed by atoms with E-state index >= 15 is 0 Å². The number of halogens is 1. The van der Waals surface area contributed by atoms with Gasteiger partial charge in [0.1, 0.15) is 0 Å². The molecule has 0 bridgehead atoms. The Labute approximate surface area is 205 Å². The molecular formula is C26H26ClNO3S2. The number of nitrogens with zero attached hydrogens (tertiary/aromatic N) is 1. The number of hydrogen-bond acceptors (Lipinski definition) is 4. The molecule has 0 saturated carbocycles. The van der Waals surface area contributed by atoms with Gasteiger partial charge in [-0.05, 0) is 55.3 Å². The van der Waals surface area contributed by atoms with Gasteiger partial charge in [-0.1, -0.05) is 90.8 Å². The van der Waals surface area contributed by atoms with E-state index in [-0.39, 0.29) is 11.4 Å². The lowest BCUT2D eigenvalue weighted by Gasteiger charge is -2.24. The summed E-state index contributed by atoms with van der Waals surface area (Å²) in [5.74, 6) is -0.548. The number of allylic oxidation sites excluding steroid dienone is 1. The highest BCUT2D eigenvalue weighted by Crippen LogP contribution is 2.32. The van der Waals surface area contributed by atoms with Crippen molar-refractivity contribution in [1.29, 1.82) is 0 Å². The lowest BCUT2D eigenvalue weighted by Crippen LogP contribution is -2.37. The second-order valence-electron chi connectivity index (χ2n) is 7.53. The molecule has 33 heavy (non-hydrogen) atoms. The summed E-state index contributed by atoms with van der Waals surface area (Å²) < 4.78 is 28.2. The lowest BCUT2D eigenvalue weighted by molar-refractivity contribution is -0.122. The molecule has 1 amide bonds. The summed E-state index contributed by atoms with van der Waals surface area (Å²) in [6, 6.07) is 22.8. The molecule has 0 aliphatic carbocycles. The van der Waals surface area contributed by atoms with Crippen LogP contribution in [0.15, 0.2) is 99.6 Å². The van der Waals surface area contributed by atoms with E-state index < -0.39 is 15.9 Å². The van der Waals surface area contributed by atoms with Crippen molar-refractivity contribution < 1.29 is 13.2 Å². The normalized spacial score (nSPS) is 11.9. The van der Waals surface area contributed by atoms with Crippen molar-refractivity contribution in [3.63, 3.8) is 0 Å². The predicted molar refractivity (Wildman–Crippen MR) is 136 cm³/mol. The first-order valence-corrected chi connectivity index (χ1v) is 13.3. The second-order valence-corrected chi connectivity index (χ2v) is 10.9. The number of sulfonamides is 1. The average Bonchev–Trinajstić information content (AvgIpc) is 2.82. The van der Waals surface area contributed by atoms with Gasteiger partial charge < -0.3 is 0 Å². The summed E-state index contributed by atoms with van der Waals surface area (Å²) in [5, 5.41) is 0.595. The van der Waals surface area contributed by atoms with Crippen LogP contribution in [0.4, 0.5) is 0 Å². The molecule has 0 spiro atoms. The summed E-state index contributed by atoms with van der Waals surface area (Å²) >= 11 is 7.24. The van der Waals surface area contributed by atoms with Crippen molar-refractivity contribution in [2.24, 2.45) is 0 Å². The third kappa shape index (κ3) is 6.73. The van der Waals surface area contributed by atoms with E-state index in [1.165, 1.54) is 23.9 Å². The lowest BCUT2D eigenvalue weighted by atomic mass is 10.2. The van der Waals surface area contributed by atoms with Crippen LogP contribution in [0.25, 0.3) is 0 Å². The second kappa shape index (κ2) is 11.5. The molecule has 0 saturated heterocycles. The smallest absolute Gasteiger partial charge is 0.267 e. The Morgan fingerprint density at radius 3 is 2.21 bits per heavy atom. The number of hydrogen-bond donors (Lipinski definition) is 0. The van der Waals surface area contributed by atoms with Crippen molar-refractivity contribution in [3.8, 4) is 0 Å². The molecule has 3 aromatic rings. The first-order valence-electron chi connectivity index (χ1n) is 10.6. The van der Waals surface area contributed by atoms with Crippen LogP contribution < -0.4 is 0 Å². The summed E-state index contributed by atoms with van der Waals surface area (Å²) in [7, 11) is -4.08. The summed E-state index contributed by atoms with van der Waals surface area (Å²) in [6.45, 7) is 3.84. The fourth-order valence-corrected chi connectivity index (χ4v) is 5.53. The van der Waals surface area contributed by atoms with Gasteiger partial charge in [0.25, 0.3) is 15.9 Å². The molecule has 0 N–H and O–H groups in total. The van der Waals surface area contributed by atoms with Crippen LogP contribution in [0.2, 0.25) is 5.02 Å². The molecule has 3 aromatic carbocycles. The fraction of sp³-hybridized carbons (Fsp3) is 0.192. The number of aryl methyl sites for hydroxylation is 1. The van der Waals surface area contributed by atoms with Crippen LogP contribution in [-0.4, -0.2) is 18.6 Å². The molecule has 0 unspecified atom stereocenters. The molecule has 0 heterocycles. The van der Waals surface area contributed by atoms with Gasteiger partial charge in [0, 0.05) is 9.92 Å². The van der Waals surface area contributed by atoms with Gasteiger partial charge in [-0.15, -0.1) is 0 Å². The van der Waals surface area contributed by atoms with Crippen molar-refractivity contribution in [3.05, 3.63) is 106 Å². The topological polar surface area (TPSA) is 54.5 Å². The highest BCUT2D eigenvalue weighted by molar-refractivity contribution is 8.04. The highest BCUT2D eigenvalue weighted by atomic mass is 35.5. The first kappa shape index (κ1) is 25.1. The van der Waals surface area contributed by atoms with Crippen molar-refractivity contribution in [2.75, 3.05) is 0 Å². The first-order chi connectivity index (χ1) is 15.8. The molecule has 0 aromatic heterocycles. The zero-order chi connectivity index (χ0) is 23.8. The SMILES string of the molecule is CCC/C=C(/Sc1ccc(Cl)cc1)C(=O)N(Cc1ccccc1)S(=O)(=O)c1ccc(C)cc1. The molecular weight excluding hydrogens is 474 g/mol. The van der Waals surface area contributed by atoms with Crippen LogP contribution >= 0.6 is 23.4 Å². The minimum Gasteiger partial charge on any atom is -0.267 e. The number of rotatable bonds is 9. The number of carbonyl (C=O) groups excluding carboxylic acids is 1. The number of amides is 1. The molecule has 4 nitrogen and oxygen atoms in total. The Bertz CT molecular complexity index is 1210. The van der Waals surface area contributed by atoms with E-state index in [4.69, 9.17) is 11.6 Å². The minimum absolute atomic E-state index is 0.0550. The average molecular weight is 500 g/mol. The molecule has 7 heteroatoms. The van der Waals surface area contributed by atoms with Gasteiger partial charge in [0.15, 0.2) is 0 Å². The Hall–Kier alpha value is -2.54. The Morgan fingerprint density at radius 1 is 0.970 bits per heavy atom. The standard InChI is InChI=1S/C26H26ClNO3S2/c1-3-4-10-25(32-23-15-13-22(27)14-16-23)26(29)28(19-21-8-6-5-7-9-21)33(30,31)24-17-11-20(2)12-18-24/h5-18H,3-4,19H2,1-2H3/b25-10+. The number of thioether (sulfide) groups is 1. The largest absolute Gasteiger partial charge is 0.274 e. The van der Waals surface area contributed by atoms with Crippen molar-refractivity contribution in [1.82, 2.24) is 4.31 Å². The fourth-order valence-electron chi connectivity index (χ4n) is 3.05. The van der Waals surface area contributed by atoms with Gasteiger partial charge in [0.05, 0.1) is 16.3 Å². The Kier molecular flexibility index (Phi) is 8.78. The minimum atomic E-state index is -4.08. The highest BCUT2D eigenvalue weighted by Gasteiger charge is 2.32. The van der Waals surface area contributed by atoms with E-state index in [2.05, 4.69) is 0 Å². The van der Waals surface area contributed by atoms with Gasteiger partial charge >= 0.3 is 0 Å². The van der Waals surface area contributed by atoms with E-state index in [1.54, 1.807) is 24.3 Å².